The van der Waals surface area contributed by atoms with Crippen LogP contribution in [0.15, 0.2) is 24.4 Å². The molecule has 23 heavy (non-hydrogen) atoms. The second-order valence-corrected chi connectivity index (χ2v) is 6.50. The summed E-state index contributed by atoms with van der Waals surface area (Å²) in [6.07, 6.45) is 8.53. The minimum Gasteiger partial charge on any atom is -0.325 e. The molecule has 0 saturated heterocycles. The molecule has 0 atom stereocenters. The second kappa shape index (κ2) is 6.94. The number of hydrogen-bond donors (Lipinski definition) is 1. The molecule has 3 rings (SSSR count). The second-order valence-electron chi connectivity index (χ2n) is 6.50. The zero-order chi connectivity index (χ0) is 16.2. The average Bonchev–Trinajstić information content (AvgIpc) is 2.87. The summed E-state index contributed by atoms with van der Waals surface area (Å²) < 4.78 is 1.81. The first-order chi connectivity index (χ1) is 11.1. The van der Waals surface area contributed by atoms with Gasteiger partial charge in [0.15, 0.2) is 5.82 Å². The molecule has 2 heterocycles. The predicted molar refractivity (Wildman–Crippen MR) is 90.7 cm³/mol. The molecule has 1 amide bonds. The fraction of sp³-hybridized carbons (Fsp3) is 0.500. The number of aryl methyl sites for hydroxylation is 2. The van der Waals surface area contributed by atoms with E-state index in [-0.39, 0.29) is 5.91 Å². The number of rotatable bonds is 4. The lowest BCUT2D eigenvalue weighted by molar-refractivity contribution is -0.117. The van der Waals surface area contributed by atoms with Crippen LogP contribution in [0.2, 0.25) is 0 Å². The largest absolute Gasteiger partial charge is 0.325 e. The van der Waals surface area contributed by atoms with E-state index in [0.717, 1.165) is 22.9 Å². The van der Waals surface area contributed by atoms with Gasteiger partial charge in [0, 0.05) is 12.1 Å². The van der Waals surface area contributed by atoms with Gasteiger partial charge in [-0.3, -0.25) is 4.79 Å². The average molecular weight is 312 g/mol. The first-order valence-electron chi connectivity index (χ1n) is 8.41. The Balaban J connectivity index is 1.61. The zero-order valence-corrected chi connectivity index (χ0v) is 13.9. The molecule has 1 N–H and O–H groups in total. The maximum Gasteiger partial charge on any atom is 0.224 e. The van der Waals surface area contributed by atoms with Gasteiger partial charge in [-0.15, -0.1) is 0 Å². The summed E-state index contributed by atoms with van der Waals surface area (Å²) in [5.74, 6) is 1.41. The van der Waals surface area contributed by atoms with Crippen LogP contribution in [0.25, 0.3) is 5.82 Å². The predicted octanol–water partition coefficient (Wildman–Crippen LogP) is 3.79. The summed E-state index contributed by atoms with van der Waals surface area (Å²) in [5.41, 5.74) is 2.76. The number of aromatic nitrogens is 3. The molecule has 1 aliphatic carbocycles. The van der Waals surface area contributed by atoms with Crippen molar-refractivity contribution in [3.05, 3.63) is 35.8 Å². The Labute approximate surface area is 137 Å². The Morgan fingerprint density at radius 3 is 2.65 bits per heavy atom. The van der Waals surface area contributed by atoms with Crippen molar-refractivity contribution in [3.63, 3.8) is 0 Å². The molecule has 2 aromatic heterocycles. The molecule has 2 aromatic rings. The van der Waals surface area contributed by atoms with Gasteiger partial charge in [0.2, 0.25) is 5.91 Å². The summed E-state index contributed by atoms with van der Waals surface area (Å²) in [7, 11) is 0. The van der Waals surface area contributed by atoms with Crippen molar-refractivity contribution in [1.29, 1.82) is 0 Å². The van der Waals surface area contributed by atoms with Crippen molar-refractivity contribution in [2.24, 2.45) is 5.92 Å². The van der Waals surface area contributed by atoms with E-state index in [4.69, 9.17) is 0 Å². The molecule has 0 radical (unpaired) electrons. The van der Waals surface area contributed by atoms with Crippen LogP contribution in [-0.4, -0.2) is 20.7 Å². The first kappa shape index (κ1) is 15.7. The SMILES string of the molecule is Cc1cc(C)n(-c2ccc(NC(=O)CC3CCCCC3)cn2)n1. The van der Waals surface area contributed by atoms with E-state index >= 15 is 0 Å². The molecular weight excluding hydrogens is 288 g/mol. The van der Waals surface area contributed by atoms with Gasteiger partial charge >= 0.3 is 0 Å². The summed E-state index contributed by atoms with van der Waals surface area (Å²) in [5, 5.41) is 7.37. The summed E-state index contributed by atoms with van der Waals surface area (Å²) >= 11 is 0. The number of nitrogens with zero attached hydrogens (tertiary/aromatic N) is 3. The Morgan fingerprint density at radius 2 is 2.04 bits per heavy atom. The highest BCUT2D eigenvalue weighted by Crippen LogP contribution is 2.26. The molecule has 0 aromatic carbocycles. The van der Waals surface area contributed by atoms with Crippen molar-refractivity contribution in [2.45, 2.75) is 52.4 Å². The summed E-state index contributed by atoms with van der Waals surface area (Å²) in [4.78, 5) is 16.5. The van der Waals surface area contributed by atoms with Crippen molar-refractivity contribution < 1.29 is 4.79 Å². The molecule has 122 valence electrons. The number of amides is 1. The normalized spacial score (nSPS) is 15.6. The third-order valence-corrected chi connectivity index (χ3v) is 4.46. The molecule has 5 heteroatoms. The minimum atomic E-state index is 0.0950. The van der Waals surface area contributed by atoms with E-state index in [1.54, 1.807) is 6.20 Å². The standard InChI is InChI=1S/C18H24N4O/c1-13-10-14(2)22(21-13)17-9-8-16(12-19-17)20-18(23)11-15-6-4-3-5-7-15/h8-10,12,15H,3-7,11H2,1-2H3,(H,20,23). The van der Waals surface area contributed by atoms with Gasteiger partial charge in [-0.25, -0.2) is 9.67 Å². The zero-order valence-electron chi connectivity index (χ0n) is 13.9. The van der Waals surface area contributed by atoms with Crippen LogP contribution in [0.3, 0.4) is 0 Å². The Kier molecular flexibility index (Phi) is 4.74. The summed E-state index contributed by atoms with van der Waals surface area (Å²) in [6.45, 7) is 3.96. The number of carbonyl (C=O) groups excluding carboxylic acids is 1. The van der Waals surface area contributed by atoms with E-state index in [0.29, 0.717) is 12.3 Å². The maximum absolute atomic E-state index is 12.1. The quantitative estimate of drug-likeness (QED) is 0.934. The van der Waals surface area contributed by atoms with E-state index in [2.05, 4.69) is 15.4 Å². The fourth-order valence-corrected chi connectivity index (χ4v) is 3.31. The molecule has 1 fully saturated rings. The minimum absolute atomic E-state index is 0.0950. The first-order valence-corrected chi connectivity index (χ1v) is 8.41. The molecular formula is C18H24N4O. The lowest BCUT2D eigenvalue weighted by Gasteiger charge is -2.20. The molecule has 0 spiro atoms. The maximum atomic E-state index is 12.1. The van der Waals surface area contributed by atoms with Gasteiger partial charge < -0.3 is 5.32 Å². The number of hydrogen-bond acceptors (Lipinski definition) is 3. The molecule has 5 nitrogen and oxygen atoms in total. The number of nitrogens with one attached hydrogen (secondary N) is 1. The van der Waals surface area contributed by atoms with Crippen LogP contribution in [0.4, 0.5) is 5.69 Å². The fourth-order valence-electron chi connectivity index (χ4n) is 3.31. The topological polar surface area (TPSA) is 59.8 Å². The van der Waals surface area contributed by atoms with Gasteiger partial charge in [-0.05, 0) is 50.8 Å². The van der Waals surface area contributed by atoms with Crippen molar-refractivity contribution in [2.75, 3.05) is 5.32 Å². The molecule has 0 bridgehead atoms. The van der Waals surface area contributed by atoms with Gasteiger partial charge in [-0.1, -0.05) is 19.3 Å². The Morgan fingerprint density at radius 1 is 1.26 bits per heavy atom. The number of carbonyl (C=O) groups is 1. The smallest absolute Gasteiger partial charge is 0.224 e. The van der Waals surface area contributed by atoms with E-state index in [1.807, 2.05) is 36.7 Å². The van der Waals surface area contributed by atoms with Crippen molar-refractivity contribution in [1.82, 2.24) is 14.8 Å². The van der Waals surface area contributed by atoms with Gasteiger partial charge in [0.05, 0.1) is 17.6 Å². The van der Waals surface area contributed by atoms with Crippen molar-refractivity contribution in [3.8, 4) is 5.82 Å². The lowest BCUT2D eigenvalue weighted by Crippen LogP contribution is -2.18. The highest BCUT2D eigenvalue weighted by atomic mass is 16.1. The highest BCUT2D eigenvalue weighted by Gasteiger charge is 2.17. The van der Waals surface area contributed by atoms with Crippen LogP contribution in [0, 0.1) is 19.8 Å². The summed E-state index contributed by atoms with van der Waals surface area (Å²) in [6, 6.07) is 5.79. The molecule has 0 unspecified atom stereocenters. The number of pyridine rings is 1. The Hall–Kier alpha value is -2.17. The van der Waals surface area contributed by atoms with E-state index in [1.165, 1.54) is 32.1 Å². The lowest BCUT2D eigenvalue weighted by atomic mass is 9.87. The third-order valence-electron chi connectivity index (χ3n) is 4.46. The number of anilines is 1. The van der Waals surface area contributed by atoms with Crippen LogP contribution < -0.4 is 5.32 Å². The van der Waals surface area contributed by atoms with Gasteiger partial charge in [0.1, 0.15) is 0 Å². The van der Waals surface area contributed by atoms with E-state index in [9.17, 15) is 4.79 Å². The molecule has 1 aliphatic rings. The van der Waals surface area contributed by atoms with Crippen LogP contribution in [-0.2, 0) is 4.79 Å². The van der Waals surface area contributed by atoms with Crippen LogP contribution in [0.5, 0.6) is 0 Å². The van der Waals surface area contributed by atoms with Gasteiger partial charge in [-0.2, -0.15) is 5.10 Å². The van der Waals surface area contributed by atoms with Crippen LogP contribution >= 0.6 is 0 Å². The van der Waals surface area contributed by atoms with E-state index < -0.39 is 0 Å². The molecule has 0 aliphatic heterocycles. The van der Waals surface area contributed by atoms with Crippen molar-refractivity contribution >= 4 is 11.6 Å². The monoisotopic (exact) mass is 312 g/mol. The third kappa shape index (κ3) is 3.97. The van der Waals surface area contributed by atoms with Crippen LogP contribution in [0.1, 0.15) is 49.9 Å². The molecule has 1 saturated carbocycles. The van der Waals surface area contributed by atoms with Gasteiger partial charge in [0.25, 0.3) is 0 Å². The highest BCUT2D eigenvalue weighted by molar-refractivity contribution is 5.90. The Bertz CT molecular complexity index is 669.